The molecule has 0 aliphatic carbocycles. The maximum atomic E-state index is 13.2. The second-order valence-corrected chi connectivity index (χ2v) is 4.96. The number of nitrogens with zero attached hydrogens (tertiary/aromatic N) is 4. The SMILES string of the molecule is N=C(c1nonc1CNc1ccon1)N(O)c1ccc(F)c(Cl)c1. The van der Waals surface area contributed by atoms with Gasteiger partial charge < -0.3 is 9.84 Å². The quantitative estimate of drug-likeness (QED) is 0.363. The topological polar surface area (TPSA) is 124 Å². The minimum absolute atomic E-state index is 0.00561. The molecule has 0 amide bonds. The van der Waals surface area contributed by atoms with Crippen LogP contribution in [0.2, 0.25) is 5.02 Å². The lowest BCUT2D eigenvalue weighted by molar-refractivity contribution is 0.298. The fourth-order valence-corrected chi connectivity index (χ4v) is 2.00. The van der Waals surface area contributed by atoms with E-state index in [0.717, 1.165) is 6.07 Å². The third kappa shape index (κ3) is 3.19. The Labute approximate surface area is 139 Å². The van der Waals surface area contributed by atoms with E-state index in [1.54, 1.807) is 6.07 Å². The Kier molecular flexibility index (Phi) is 4.40. The van der Waals surface area contributed by atoms with Crippen molar-refractivity contribution in [1.82, 2.24) is 15.5 Å². The molecule has 0 spiro atoms. The first-order valence-electron chi connectivity index (χ1n) is 6.55. The van der Waals surface area contributed by atoms with E-state index in [1.165, 1.54) is 18.4 Å². The van der Waals surface area contributed by atoms with E-state index in [9.17, 15) is 9.60 Å². The van der Waals surface area contributed by atoms with Gasteiger partial charge in [0.05, 0.1) is 17.3 Å². The molecule has 0 aliphatic heterocycles. The van der Waals surface area contributed by atoms with Gasteiger partial charge in [0.15, 0.2) is 17.3 Å². The monoisotopic (exact) mass is 352 g/mol. The Morgan fingerprint density at radius 1 is 1.33 bits per heavy atom. The maximum absolute atomic E-state index is 13.2. The van der Waals surface area contributed by atoms with Crippen LogP contribution in [0.25, 0.3) is 0 Å². The van der Waals surface area contributed by atoms with Crippen molar-refractivity contribution in [2.45, 2.75) is 6.54 Å². The van der Waals surface area contributed by atoms with Crippen molar-refractivity contribution in [3.63, 3.8) is 0 Å². The van der Waals surface area contributed by atoms with Gasteiger partial charge in [0.25, 0.3) is 0 Å². The van der Waals surface area contributed by atoms with Gasteiger partial charge >= 0.3 is 0 Å². The fourth-order valence-electron chi connectivity index (χ4n) is 1.83. The van der Waals surface area contributed by atoms with Crippen LogP contribution < -0.4 is 10.4 Å². The molecule has 0 radical (unpaired) electrons. The Balaban J connectivity index is 1.77. The van der Waals surface area contributed by atoms with Crippen molar-refractivity contribution in [3.05, 3.63) is 52.8 Å². The Morgan fingerprint density at radius 3 is 2.88 bits per heavy atom. The van der Waals surface area contributed by atoms with Crippen LogP contribution in [-0.2, 0) is 6.54 Å². The van der Waals surface area contributed by atoms with Gasteiger partial charge in [-0.15, -0.1) is 0 Å². The highest BCUT2D eigenvalue weighted by Crippen LogP contribution is 2.23. The van der Waals surface area contributed by atoms with Gasteiger partial charge in [-0.1, -0.05) is 21.9 Å². The standard InChI is InChI=1S/C13H10ClFN6O3/c14-8-5-7(1-2-9(8)15)21(22)13(16)12-10(18-24-20-12)6-17-11-3-4-23-19-11/h1-5,16,22H,6H2,(H,17,19). The predicted molar refractivity (Wildman–Crippen MR) is 80.6 cm³/mol. The second-order valence-electron chi connectivity index (χ2n) is 4.56. The summed E-state index contributed by atoms with van der Waals surface area (Å²) in [6.07, 6.45) is 1.39. The lowest BCUT2D eigenvalue weighted by Gasteiger charge is -2.16. The molecular weight excluding hydrogens is 343 g/mol. The summed E-state index contributed by atoms with van der Waals surface area (Å²) >= 11 is 5.67. The summed E-state index contributed by atoms with van der Waals surface area (Å²) in [6, 6.07) is 5.10. The summed E-state index contributed by atoms with van der Waals surface area (Å²) in [5.41, 5.74) is 0.342. The molecule has 124 valence electrons. The normalized spacial score (nSPS) is 10.6. The number of hydrogen-bond donors (Lipinski definition) is 3. The minimum atomic E-state index is -0.638. The third-order valence-corrected chi connectivity index (χ3v) is 3.30. The number of aromatic nitrogens is 3. The third-order valence-electron chi connectivity index (χ3n) is 3.02. The van der Waals surface area contributed by atoms with Crippen LogP contribution in [0.4, 0.5) is 15.9 Å². The average Bonchev–Trinajstić information content (AvgIpc) is 3.25. The number of hydroxylamine groups is 1. The molecule has 3 aromatic rings. The molecule has 2 heterocycles. The molecule has 24 heavy (non-hydrogen) atoms. The lowest BCUT2D eigenvalue weighted by Crippen LogP contribution is -2.28. The van der Waals surface area contributed by atoms with Gasteiger partial charge in [-0.3, -0.25) is 10.6 Å². The highest BCUT2D eigenvalue weighted by Gasteiger charge is 2.21. The Hall–Kier alpha value is -2.98. The van der Waals surface area contributed by atoms with Crippen LogP contribution in [0, 0.1) is 11.2 Å². The summed E-state index contributed by atoms with van der Waals surface area (Å²) in [4.78, 5) is 0. The van der Waals surface area contributed by atoms with Crippen LogP contribution in [0.3, 0.4) is 0 Å². The number of anilines is 2. The summed E-state index contributed by atoms with van der Waals surface area (Å²) < 4.78 is 22.5. The van der Waals surface area contributed by atoms with Crippen LogP contribution in [0.5, 0.6) is 0 Å². The Bertz CT molecular complexity index is 853. The van der Waals surface area contributed by atoms with Crippen LogP contribution in [-0.4, -0.2) is 26.5 Å². The molecule has 0 saturated carbocycles. The zero-order chi connectivity index (χ0) is 17.1. The summed E-state index contributed by atoms with van der Waals surface area (Å²) in [6.45, 7) is 0.131. The molecule has 3 rings (SSSR count). The van der Waals surface area contributed by atoms with Gasteiger partial charge in [0, 0.05) is 6.07 Å². The first-order chi connectivity index (χ1) is 11.6. The smallest absolute Gasteiger partial charge is 0.182 e. The summed E-state index contributed by atoms with van der Waals surface area (Å²) in [5.74, 6) is -0.599. The van der Waals surface area contributed by atoms with Crippen molar-refractivity contribution in [1.29, 1.82) is 5.41 Å². The fraction of sp³-hybridized carbons (Fsp3) is 0.0769. The first kappa shape index (κ1) is 15.9. The zero-order valence-corrected chi connectivity index (χ0v) is 12.7. The number of halogens is 2. The molecule has 0 unspecified atom stereocenters. The van der Waals surface area contributed by atoms with Crippen molar-refractivity contribution < 1.29 is 18.7 Å². The van der Waals surface area contributed by atoms with Gasteiger partial charge in [0.2, 0.25) is 0 Å². The molecule has 3 N–H and O–H groups in total. The minimum Gasteiger partial charge on any atom is -0.363 e. The van der Waals surface area contributed by atoms with Gasteiger partial charge in [-0.25, -0.2) is 14.1 Å². The molecule has 11 heteroatoms. The second kappa shape index (κ2) is 6.64. The van der Waals surface area contributed by atoms with Crippen LogP contribution >= 0.6 is 11.6 Å². The first-order valence-corrected chi connectivity index (χ1v) is 6.92. The molecule has 0 saturated heterocycles. The van der Waals surface area contributed by atoms with Crippen molar-refractivity contribution in [2.75, 3.05) is 10.4 Å². The van der Waals surface area contributed by atoms with E-state index in [0.29, 0.717) is 10.9 Å². The van der Waals surface area contributed by atoms with Gasteiger partial charge in [-0.2, -0.15) is 0 Å². The van der Waals surface area contributed by atoms with Crippen LogP contribution in [0.15, 0.2) is 39.7 Å². The molecule has 1 aromatic carbocycles. The van der Waals surface area contributed by atoms with Crippen molar-refractivity contribution in [3.8, 4) is 0 Å². The van der Waals surface area contributed by atoms with E-state index < -0.39 is 11.7 Å². The molecule has 2 aromatic heterocycles. The highest BCUT2D eigenvalue weighted by atomic mass is 35.5. The largest absolute Gasteiger partial charge is 0.363 e. The van der Waals surface area contributed by atoms with Crippen LogP contribution in [0.1, 0.15) is 11.4 Å². The summed E-state index contributed by atoms with van der Waals surface area (Å²) in [7, 11) is 0. The number of nitrogens with one attached hydrogen (secondary N) is 2. The molecule has 0 aliphatic rings. The number of benzene rings is 1. The van der Waals surface area contributed by atoms with E-state index in [-0.39, 0.29) is 28.6 Å². The molecule has 0 atom stereocenters. The molecule has 0 bridgehead atoms. The zero-order valence-electron chi connectivity index (χ0n) is 11.9. The van der Waals surface area contributed by atoms with Gasteiger partial charge in [0.1, 0.15) is 17.8 Å². The molecule has 9 nitrogen and oxygen atoms in total. The van der Waals surface area contributed by atoms with Gasteiger partial charge in [-0.05, 0) is 23.4 Å². The van der Waals surface area contributed by atoms with E-state index in [4.69, 9.17) is 17.0 Å². The molecular formula is C13H10ClFN6O3. The number of hydrogen-bond acceptors (Lipinski definition) is 8. The summed E-state index contributed by atoms with van der Waals surface area (Å²) in [5, 5.41) is 32.3. The average molecular weight is 353 g/mol. The van der Waals surface area contributed by atoms with E-state index in [1.807, 2.05) is 0 Å². The van der Waals surface area contributed by atoms with E-state index >= 15 is 0 Å². The highest BCUT2D eigenvalue weighted by molar-refractivity contribution is 6.31. The van der Waals surface area contributed by atoms with Crippen molar-refractivity contribution in [2.24, 2.45) is 0 Å². The molecule has 0 fully saturated rings. The van der Waals surface area contributed by atoms with Crippen molar-refractivity contribution >= 4 is 28.9 Å². The maximum Gasteiger partial charge on any atom is 0.182 e. The lowest BCUT2D eigenvalue weighted by atomic mass is 10.2. The number of amidine groups is 1. The number of rotatable bonds is 5. The Morgan fingerprint density at radius 2 is 2.17 bits per heavy atom. The predicted octanol–water partition coefficient (Wildman–Crippen LogP) is 2.68. The van der Waals surface area contributed by atoms with E-state index in [2.05, 4.69) is 29.9 Å².